The van der Waals surface area contributed by atoms with Crippen LogP contribution < -0.4 is 20.1 Å². The molecular formula is C20H19F2N3O4. The second-order valence-electron chi connectivity index (χ2n) is 5.91. The van der Waals surface area contributed by atoms with E-state index in [9.17, 15) is 13.6 Å². The molecule has 0 fully saturated rings. The number of nitrogens with zero attached hydrogens (tertiary/aromatic N) is 1. The smallest absolute Gasteiger partial charge is 0.387 e. The van der Waals surface area contributed by atoms with Crippen molar-refractivity contribution in [2.75, 3.05) is 19.0 Å². The van der Waals surface area contributed by atoms with Crippen LogP contribution in [0, 0.1) is 0 Å². The Morgan fingerprint density at radius 2 is 1.97 bits per heavy atom. The third-order valence-corrected chi connectivity index (χ3v) is 3.87. The second-order valence-corrected chi connectivity index (χ2v) is 5.91. The van der Waals surface area contributed by atoms with Crippen LogP contribution in [0.4, 0.5) is 19.3 Å². The topological polar surface area (TPSA) is 85.6 Å². The maximum Gasteiger partial charge on any atom is 0.387 e. The number of rotatable bonds is 8. The van der Waals surface area contributed by atoms with Crippen LogP contribution >= 0.6 is 0 Å². The summed E-state index contributed by atoms with van der Waals surface area (Å²) in [6.07, 6.45) is 1.99. The molecule has 9 heteroatoms. The molecule has 0 aliphatic heterocycles. The van der Waals surface area contributed by atoms with Crippen molar-refractivity contribution in [3.8, 4) is 23.0 Å². The zero-order chi connectivity index (χ0) is 20.6. The summed E-state index contributed by atoms with van der Waals surface area (Å²) in [4.78, 5) is 16.3. The molecule has 2 amide bonds. The number of oxazole rings is 1. The van der Waals surface area contributed by atoms with Gasteiger partial charge in [0.2, 0.25) is 5.89 Å². The number of hydrogen-bond donors (Lipinski definition) is 2. The Kier molecular flexibility index (Phi) is 6.62. The summed E-state index contributed by atoms with van der Waals surface area (Å²) in [5.41, 5.74) is 1.83. The lowest BCUT2D eigenvalue weighted by Gasteiger charge is -2.09. The number of anilines is 1. The van der Waals surface area contributed by atoms with Crippen LogP contribution in [0.1, 0.15) is 5.69 Å². The third kappa shape index (κ3) is 5.93. The number of ether oxygens (including phenoxy) is 2. The number of hydrogen-bond acceptors (Lipinski definition) is 5. The highest BCUT2D eigenvalue weighted by Crippen LogP contribution is 2.22. The summed E-state index contributed by atoms with van der Waals surface area (Å²) in [6, 6.07) is 12.6. The Labute approximate surface area is 165 Å². The van der Waals surface area contributed by atoms with Gasteiger partial charge in [-0.1, -0.05) is 6.07 Å². The van der Waals surface area contributed by atoms with Gasteiger partial charge in [-0.3, -0.25) is 0 Å². The summed E-state index contributed by atoms with van der Waals surface area (Å²) in [7, 11) is 1.59. The van der Waals surface area contributed by atoms with E-state index >= 15 is 0 Å². The van der Waals surface area contributed by atoms with Crippen LogP contribution in [-0.4, -0.2) is 31.3 Å². The zero-order valence-electron chi connectivity index (χ0n) is 15.5. The van der Waals surface area contributed by atoms with E-state index in [1.165, 1.54) is 24.5 Å². The van der Waals surface area contributed by atoms with Crippen molar-refractivity contribution >= 4 is 11.7 Å². The lowest BCUT2D eigenvalue weighted by atomic mass is 10.2. The lowest BCUT2D eigenvalue weighted by Crippen LogP contribution is -2.30. The number of benzene rings is 2. The van der Waals surface area contributed by atoms with Gasteiger partial charge >= 0.3 is 12.6 Å². The van der Waals surface area contributed by atoms with Crippen molar-refractivity contribution in [3.05, 3.63) is 60.5 Å². The average Bonchev–Trinajstić information content (AvgIpc) is 3.17. The fourth-order valence-corrected chi connectivity index (χ4v) is 2.52. The number of alkyl halides is 2. The minimum atomic E-state index is -2.93. The maximum atomic E-state index is 12.2. The van der Waals surface area contributed by atoms with Crippen LogP contribution in [0.15, 0.2) is 59.2 Å². The van der Waals surface area contributed by atoms with Crippen molar-refractivity contribution < 1.29 is 27.5 Å². The summed E-state index contributed by atoms with van der Waals surface area (Å²) >= 11 is 0. The molecule has 7 nitrogen and oxygen atoms in total. The fourth-order valence-electron chi connectivity index (χ4n) is 2.52. The Morgan fingerprint density at radius 3 is 2.69 bits per heavy atom. The van der Waals surface area contributed by atoms with Gasteiger partial charge in [-0.2, -0.15) is 8.78 Å². The molecule has 2 aromatic carbocycles. The number of urea groups is 1. The summed E-state index contributed by atoms with van der Waals surface area (Å²) in [6.45, 7) is -2.61. The molecule has 2 N–H and O–H groups in total. The van der Waals surface area contributed by atoms with Gasteiger partial charge in [0, 0.05) is 30.3 Å². The van der Waals surface area contributed by atoms with Gasteiger partial charge in [-0.25, -0.2) is 9.78 Å². The molecule has 0 radical (unpaired) electrons. The molecule has 0 unspecified atom stereocenters. The Balaban J connectivity index is 1.47. The van der Waals surface area contributed by atoms with Crippen molar-refractivity contribution in [1.29, 1.82) is 0 Å². The standard InChI is InChI=1S/C20H19F2N3O4/c1-27-16-7-5-13(6-8-16)18-24-15(12-28-18)9-10-23-20(26)25-14-3-2-4-17(11-14)29-19(21)22/h2-8,11-12,19H,9-10H2,1H3,(H2,23,25,26). The van der Waals surface area contributed by atoms with E-state index < -0.39 is 12.6 Å². The second kappa shape index (κ2) is 9.54. The van der Waals surface area contributed by atoms with Crippen molar-refractivity contribution in [2.45, 2.75) is 13.0 Å². The first kappa shape index (κ1) is 20.1. The molecule has 3 aromatic rings. The minimum Gasteiger partial charge on any atom is -0.497 e. The lowest BCUT2D eigenvalue weighted by molar-refractivity contribution is -0.0498. The Bertz CT molecular complexity index is 945. The van der Waals surface area contributed by atoms with Crippen molar-refractivity contribution in [2.24, 2.45) is 0 Å². The van der Waals surface area contributed by atoms with Crippen molar-refractivity contribution in [1.82, 2.24) is 10.3 Å². The number of nitrogens with one attached hydrogen (secondary N) is 2. The van der Waals surface area contributed by atoms with Crippen LogP contribution in [0.5, 0.6) is 11.5 Å². The average molecular weight is 403 g/mol. The fraction of sp³-hybridized carbons (Fsp3) is 0.200. The van der Waals surface area contributed by atoms with Crippen LogP contribution in [0.2, 0.25) is 0 Å². The van der Waals surface area contributed by atoms with Gasteiger partial charge in [0.15, 0.2) is 0 Å². The molecular weight excluding hydrogens is 384 g/mol. The van der Waals surface area contributed by atoms with E-state index in [-0.39, 0.29) is 5.75 Å². The molecule has 0 aliphatic rings. The Morgan fingerprint density at radius 1 is 1.17 bits per heavy atom. The molecule has 0 saturated heterocycles. The van der Waals surface area contributed by atoms with Crippen LogP contribution in [0.25, 0.3) is 11.5 Å². The number of amides is 2. The number of carbonyl (C=O) groups excluding carboxylic acids is 1. The third-order valence-electron chi connectivity index (χ3n) is 3.87. The normalized spacial score (nSPS) is 10.6. The molecule has 0 bridgehead atoms. The number of carbonyl (C=O) groups is 1. The molecule has 3 rings (SSSR count). The summed E-state index contributed by atoms with van der Waals surface area (Å²) < 4.78 is 39.4. The molecule has 0 atom stereocenters. The van der Waals surface area contributed by atoms with Gasteiger partial charge in [0.1, 0.15) is 17.8 Å². The molecule has 29 heavy (non-hydrogen) atoms. The Hall–Kier alpha value is -3.62. The monoisotopic (exact) mass is 403 g/mol. The zero-order valence-corrected chi connectivity index (χ0v) is 15.5. The number of aromatic nitrogens is 1. The molecule has 0 spiro atoms. The van der Waals surface area contributed by atoms with Gasteiger partial charge in [-0.15, -0.1) is 0 Å². The van der Waals surface area contributed by atoms with Gasteiger partial charge in [0.05, 0.1) is 12.8 Å². The highest BCUT2D eigenvalue weighted by atomic mass is 19.3. The van der Waals surface area contributed by atoms with E-state index in [0.717, 1.165) is 11.3 Å². The van der Waals surface area contributed by atoms with E-state index in [4.69, 9.17) is 9.15 Å². The molecule has 152 valence electrons. The van der Waals surface area contributed by atoms with Gasteiger partial charge in [-0.05, 0) is 36.4 Å². The first-order valence-electron chi connectivity index (χ1n) is 8.72. The largest absolute Gasteiger partial charge is 0.497 e. The van der Waals surface area contributed by atoms with E-state index in [0.29, 0.717) is 30.2 Å². The van der Waals surface area contributed by atoms with Crippen LogP contribution in [-0.2, 0) is 6.42 Å². The molecule has 0 saturated carbocycles. The molecule has 0 aliphatic carbocycles. The van der Waals surface area contributed by atoms with E-state index in [1.54, 1.807) is 13.2 Å². The van der Waals surface area contributed by atoms with Crippen LogP contribution in [0.3, 0.4) is 0 Å². The number of halogens is 2. The van der Waals surface area contributed by atoms with Gasteiger partial charge in [0.25, 0.3) is 0 Å². The summed E-state index contributed by atoms with van der Waals surface area (Å²) in [5, 5.41) is 5.22. The first-order valence-corrected chi connectivity index (χ1v) is 8.72. The maximum absolute atomic E-state index is 12.2. The predicted octanol–water partition coefficient (Wildman–Crippen LogP) is 4.32. The van der Waals surface area contributed by atoms with E-state index in [1.807, 2.05) is 24.3 Å². The highest BCUT2D eigenvalue weighted by molar-refractivity contribution is 5.89. The highest BCUT2D eigenvalue weighted by Gasteiger charge is 2.09. The molecule has 1 heterocycles. The number of methoxy groups -OCH3 is 1. The van der Waals surface area contributed by atoms with E-state index in [2.05, 4.69) is 20.4 Å². The molecule has 1 aromatic heterocycles. The van der Waals surface area contributed by atoms with Crippen molar-refractivity contribution in [3.63, 3.8) is 0 Å². The SMILES string of the molecule is COc1ccc(-c2nc(CCNC(=O)Nc3cccc(OC(F)F)c3)co2)cc1. The predicted molar refractivity (Wildman–Crippen MR) is 102 cm³/mol. The summed E-state index contributed by atoms with van der Waals surface area (Å²) in [5.74, 6) is 1.18. The quantitative estimate of drug-likeness (QED) is 0.585. The minimum absolute atomic E-state index is 0.0357. The van der Waals surface area contributed by atoms with Gasteiger partial charge < -0.3 is 24.5 Å². The first-order chi connectivity index (χ1) is 14.0.